The van der Waals surface area contributed by atoms with Crippen LogP contribution in [0.1, 0.15) is 11.1 Å². The van der Waals surface area contributed by atoms with E-state index in [1.165, 1.54) is 11.1 Å². The van der Waals surface area contributed by atoms with E-state index in [-0.39, 0.29) is 0 Å². The van der Waals surface area contributed by atoms with Crippen molar-refractivity contribution in [3.05, 3.63) is 29.3 Å². The Morgan fingerprint density at radius 1 is 1.40 bits per heavy atom. The molecule has 0 aliphatic carbocycles. The van der Waals surface area contributed by atoms with Gasteiger partial charge in [0.1, 0.15) is 11.9 Å². The minimum Gasteiger partial charge on any atom is -0.493 e. The Labute approximate surface area is 89.0 Å². The highest BCUT2D eigenvalue weighted by molar-refractivity contribution is 5.39. The van der Waals surface area contributed by atoms with Crippen LogP contribution in [0.25, 0.3) is 0 Å². The van der Waals surface area contributed by atoms with Crippen molar-refractivity contribution in [2.45, 2.75) is 19.1 Å². The predicted octanol–water partition coefficient (Wildman–Crippen LogP) is 1.54. The Kier molecular flexibility index (Phi) is 2.35. The van der Waals surface area contributed by atoms with Gasteiger partial charge in [-0.3, -0.25) is 0 Å². The molecule has 0 radical (unpaired) electrons. The summed E-state index contributed by atoms with van der Waals surface area (Å²) in [4.78, 5) is 0. The second-order valence-corrected chi connectivity index (χ2v) is 4.01. The van der Waals surface area contributed by atoms with Crippen molar-refractivity contribution in [1.82, 2.24) is 0 Å². The lowest BCUT2D eigenvalue weighted by Gasteiger charge is -2.04. The molecule has 1 aromatic carbocycles. The fourth-order valence-corrected chi connectivity index (χ4v) is 1.80. The van der Waals surface area contributed by atoms with E-state index in [1.54, 1.807) is 0 Å². The molecule has 0 saturated carbocycles. The molecule has 0 N–H and O–H groups in total. The zero-order valence-corrected chi connectivity index (χ0v) is 8.57. The van der Waals surface area contributed by atoms with Gasteiger partial charge in [0.05, 0.1) is 26.4 Å². The zero-order valence-electron chi connectivity index (χ0n) is 8.57. The molecule has 2 aliphatic rings. The Balaban J connectivity index is 1.59. The van der Waals surface area contributed by atoms with Crippen LogP contribution in [0.3, 0.4) is 0 Å². The lowest BCUT2D eigenvalue weighted by atomic mass is 10.1. The molecule has 1 unspecified atom stereocenters. The molecule has 3 rings (SSSR count). The minimum atomic E-state index is 0.350. The third kappa shape index (κ3) is 2.13. The van der Waals surface area contributed by atoms with Crippen LogP contribution >= 0.6 is 0 Å². The third-order valence-electron chi connectivity index (χ3n) is 2.73. The second kappa shape index (κ2) is 3.83. The van der Waals surface area contributed by atoms with E-state index in [1.807, 2.05) is 6.07 Å². The summed E-state index contributed by atoms with van der Waals surface area (Å²) in [5.41, 5.74) is 2.53. The van der Waals surface area contributed by atoms with Crippen molar-refractivity contribution in [3.63, 3.8) is 0 Å². The topological polar surface area (TPSA) is 31.0 Å². The van der Waals surface area contributed by atoms with Gasteiger partial charge in [0.25, 0.3) is 0 Å². The van der Waals surface area contributed by atoms with E-state index in [9.17, 15) is 0 Å². The first-order valence-electron chi connectivity index (χ1n) is 5.36. The maximum absolute atomic E-state index is 5.54. The number of hydrogen-bond donors (Lipinski definition) is 0. The van der Waals surface area contributed by atoms with Gasteiger partial charge in [-0.05, 0) is 23.3 Å². The molecular weight excluding hydrogens is 192 g/mol. The van der Waals surface area contributed by atoms with Gasteiger partial charge < -0.3 is 14.2 Å². The average molecular weight is 206 g/mol. The predicted molar refractivity (Wildman–Crippen MR) is 55.0 cm³/mol. The Hall–Kier alpha value is -1.06. The maximum atomic E-state index is 5.54. The van der Waals surface area contributed by atoms with Crippen LogP contribution in [0.4, 0.5) is 0 Å². The van der Waals surface area contributed by atoms with Crippen LogP contribution in [-0.2, 0) is 22.5 Å². The normalized spacial score (nSPS) is 22.3. The van der Waals surface area contributed by atoms with Gasteiger partial charge in [-0.1, -0.05) is 6.07 Å². The molecule has 1 atom stereocenters. The molecule has 0 spiro atoms. The summed E-state index contributed by atoms with van der Waals surface area (Å²) in [5.74, 6) is 1.03. The van der Waals surface area contributed by atoms with Crippen LogP contribution in [0.2, 0.25) is 0 Å². The van der Waals surface area contributed by atoms with Gasteiger partial charge in [-0.25, -0.2) is 0 Å². The summed E-state index contributed by atoms with van der Waals surface area (Å²) < 4.78 is 16.1. The molecule has 1 fully saturated rings. The molecule has 2 heterocycles. The molecule has 2 aliphatic heterocycles. The van der Waals surface area contributed by atoms with Crippen LogP contribution in [-0.4, -0.2) is 25.9 Å². The summed E-state index contributed by atoms with van der Waals surface area (Å²) in [6.07, 6.45) is 1.37. The molecule has 1 aromatic rings. The number of hydrogen-bond acceptors (Lipinski definition) is 3. The average Bonchev–Trinajstić information content (AvgIpc) is 2.95. The smallest absolute Gasteiger partial charge is 0.122 e. The molecule has 80 valence electrons. The van der Waals surface area contributed by atoms with Crippen molar-refractivity contribution in [3.8, 4) is 5.75 Å². The van der Waals surface area contributed by atoms with E-state index < -0.39 is 0 Å². The first-order valence-corrected chi connectivity index (χ1v) is 5.36. The van der Waals surface area contributed by atoms with Gasteiger partial charge in [-0.2, -0.15) is 0 Å². The molecule has 15 heavy (non-hydrogen) atoms. The Morgan fingerprint density at radius 2 is 2.33 bits per heavy atom. The van der Waals surface area contributed by atoms with Crippen LogP contribution < -0.4 is 4.74 Å². The minimum absolute atomic E-state index is 0.350. The molecule has 0 amide bonds. The largest absolute Gasteiger partial charge is 0.493 e. The third-order valence-corrected chi connectivity index (χ3v) is 2.73. The highest BCUT2D eigenvalue weighted by atomic mass is 16.6. The van der Waals surface area contributed by atoms with E-state index in [4.69, 9.17) is 14.2 Å². The molecule has 1 saturated heterocycles. The summed E-state index contributed by atoms with van der Waals surface area (Å²) in [6.45, 7) is 3.06. The SMILES string of the molecule is c1cc2c(cc1COCC1CO1)CCO2. The summed E-state index contributed by atoms with van der Waals surface area (Å²) in [5, 5.41) is 0. The van der Waals surface area contributed by atoms with Crippen LogP contribution in [0, 0.1) is 0 Å². The van der Waals surface area contributed by atoms with Gasteiger partial charge in [-0.15, -0.1) is 0 Å². The molecule has 3 heteroatoms. The number of epoxide rings is 1. The van der Waals surface area contributed by atoms with Gasteiger partial charge in [0.2, 0.25) is 0 Å². The van der Waals surface area contributed by atoms with Gasteiger partial charge in [0.15, 0.2) is 0 Å². The highest BCUT2D eigenvalue weighted by Crippen LogP contribution is 2.26. The number of rotatable bonds is 4. The summed E-state index contributed by atoms with van der Waals surface area (Å²) in [6, 6.07) is 6.28. The molecule has 3 nitrogen and oxygen atoms in total. The first kappa shape index (κ1) is 9.19. The van der Waals surface area contributed by atoms with Crippen LogP contribution in [0.5, 0.6) is 5.75 Å². The molecule has 0 bridgehead atoms. The second-order valence-electron chi connectivity index (χ2n) is 4.01. The summed E-state index contributed by atoms with van der Waals surface area (Å²) in [7, 11) is 0. The van der Waals surface area contributed by atoms with Gasteiger partial charge in [0, 0.05) is 6.42 Å². The lowest BCUT2D eigenvalue weighted by Crippen LogP contribution is -2.01. The van der Waals surface area contributed by atoms with Crippen molar-refractivity contribution in [2.75, 3.05) is 19.8 Å². The van der Waals surface area contributed by atoms with E-state index >= 15 is 0 Å². The van der Waals surface area contributed by atoms with E-state index in [2.05, 4.69) is 12.1 Å². The standard InChI is InChI=1S/C12H14O3/c1-2-12-10(3-4-14-12)5-9(1)6-13-7-11-8-15-11/h1-2,5,11H,3-4,6-8H2. The number of benzene rings is 1. The van der Waals surface area contributed by atoms with Crippen LogP contribution in [0.15, 0.2) is 18.2 Å². The fourth-order valence-electron chi connectivity index (χ4n) is 1.80. The lowest BCUT2D eigenvalue weighted by molar-refractivity contribution is 0.104. The fraction of sp³-hybridized carbons (Fsp3) is 0.500. The van der Waals surface area contributed by atoms with Crippen molar-refractivity contribution in [1.29, 1.82) is 0 Å². The Bertz CT molecular complexity index is 358. The number of fused-ring (bicyclic) bond motifs is 1. The van der Waals surface area contributed by atoms with Crippen molar-refractivity contribution in [2.24, 2.45) is 0 Å². The summed E-state index contributed by atoms with van der Waals surface area (Å²) >= 11 is 0. The van der Waals surface area contributed by atoms with Gasteiger partial charge >= 0.3 is 0 Å². The Morgan fingerprint density at radius 3 is 3.20 bits per heavy atom. The maximum Gasteiger partial charge on any atom is 0.122 e. The number of ether oxygens (including phenoxy) is 3. The zero-order chi connectivity index (χ0) is 10.1. The van der Waals surface area contributed by atoms with E-state index in [0.717, 1.165) is 25.4 Å². The van der Waals surface area contributed by atoms with Crippen molar-refractivity contribution < 1.29 is 14.2 Å². The molecule has 0 aromatic heterocycles. The van der Waals surface area contributed by atoms with Crippen molar-refractivity contribution >= 4 is 0 Å². The monoisotopic (exact) mass is 206 g/mol. The van der Waals surface area contributed by atoms with E-state index in [0.29, 0.717) is 19.3 Å². The first-order chi connectivity index (χ1) is 7.42. The quantitative estimate of drug-likeness (QED) is 0.700. The molecular formula is C12H14O3. The highest BCUT2D eigenvalue weighted by Gasteiger charge is 2.22.